The SMILES string of the molecule is CC(C)[C@H]1CC[C@@H](C)C[C@H]1OC(=O)COC(=O)c1ccc(Cl)cc1N. The third-order valence-electron chi connectivity index (χ3n) is 4.80. The Kier molecular flexibility index (Phi) is 6.71. The molecule has 0 spiro atoms. The maximum Gasteiger partial charge on any atom is 0.344 e. The summed E-state index contributed by atoms with van der Waals surface area (Å²) in [6.07, 6.45) is 2.95. The summed E-state index contributed by atoms with van der Waals surface area (Å²) in [5.74, 6) is 0.142. The fourth-order valence-corrected chi connectivity index (χ4v) is 3.56. The van der Waals surface area contributed by atoms with Crippen molar-refractivity contribution in [2.45, 2.75) is 46.1 Å². The quantitative estimate of drug-likeness (QED) is 0.626. The highest BCUT2D eigenvalue weighted by molar-refractivity contribution is 6.31. The van der Waals surface area contributed by atoms with Gasteiger partial charge in [0.25, 0.3) is 0 Å². The Hall–Kier alpha value is -1.75. The molecule has 0 amide bonds. The van der Waals surface area contributed by atoms with Crippen LogP contribution in [-0.2, 0) is 14.3 Å². The van der Waals surface area contributed by atoms with Gasteiger partial charge in [-0.3, -0.25) is 0 Å². The van der Waals surface area contributed by atoms with Crippen molar-refractivity contribution in [3.05, 3.63) is 28.8 Å². The summed E-state index contributed by atoms with van der Waals surface area (Å²) >= 11 is 5.80. The molecule has 1 fully saturated rings. The summed E-state index contributed by atoms with van der Waals surface area (Å²) in [6.45, 7) is 6.03. The molecule has 0 radical (unpaired) electrons. The van der Waals surface area contributed by atoms with Crippen molar-refractivity contribution >= 4 is 29.2 Å². The molecule has 1 aromatic carbocycles. The Morgan fingerprint density at radius 2 is 2.04 bits per heavy atom. The van der Waals surface area contributed by atoms with Gasteiger partial charge in [-0.25, -0.2) is 9.59 Å². The summed E-state index contributed by atoms with van der Waals surface area (Å²) in [6, 6.07) is 4.49. The maximum atomic E-state index is 12.1. The van der Waals surface area contributed by atoms with Crippen molar-refractivity contribution < 1.29 is 19.1 Å². The molecule has 0 aliphatic heterocycles. The first-order chi connectivity index (χ1) is 11.8. The number of hydrogen-bond donors (Lipinski definition) is 1. The minimum atomic E-state index is -0.663. The van der Waals surface area contributed by atoms with Gasteiger partial charge in [0.05, 0.1) is 5.56 Å². The van der Waals surface area contributed by atoms with E-state index in [1.54, 1.807) is 6.07 Å². The summed E-state index contributed by atoms with van der Waals surface area (Å²) < 4.78 is 10.6. The highest BCUT2D eigenvalue weighted by Crippen LogP contribution is 2.35. The molecule has 0 heterocycles. The van der Waals surface area contributed by atoms with Gasteiger partial charge in [-0.1, -0.05) is 38.8 Å². The van der Waals surface area contributed by atoms with E-state index < -0.39 is 18.5 Å². The van der Waals surface area contributed by atoms with Crippen LogP contribution in [0.4, 0.5) is 5.69 Å². The first-order valence-corrected chi connectivity index (χ1v) is 9.07. The van der Waals surface area contributed by atoms with Crippen molar-refractivity contribution in [3.8, 4) is 0 Å². The Bertz CT molecular complexity index is 632. The largest absolute Gasteiger partial charge is 0.460 e. The molecule has 5 nitrogen and oxygen atoms in total. The molecule has 3 atom stereocenters. The number of nitrogen functional groups attached to an aromatic ring is 1. The molecule has 1 aliphatic carbocycles. The summed E-state index contributed by atoms with van der Waals surface area (Å²) in [4.78, 5) is 24.2. The second kappa shape index (κ2) is 8.56. The molecule has 0 unspecified atom stereocenters. The first kappa shape index (κ1) is 19.6. The van der Waals surface area contributed by atoms with Crippen LogP contribution in [0.15, 0.2) is 18.2 Å². The molecular weight excluding hydrogens is 342 g/mol. The van der Waals surface area contributed by atoms with Crippen LogP contribution in [0.25, 0.3) is 0 Å². The van der Waals surface area contributed by atoms with Gasteiger partial charge >= 0.3 is 11.9 Å². The molecule has 25 heavy (non-hydrogen) atoms. The fraction of sp³-hybridized carbons (Fsp3) is 0.579. The molecule has 0 saturated heterocycles. The van der Waals surface area contributed by atoms with Gasteiger partial charge < -0.3 is 15.2 Å². The second-order valence-electron chi connectivity index (χ2n) is 7.16. The van der Waals surface area contributed by atoms with Crippen molar-refractivity contribution in [3.63, 3.8) is 0 Å². The molecule has 0 aromatic heterocycles. The Morgan fingerprint density at radius 3 is 2.68 bits per heavy atom. The van der Waals surface area contributed by atoms with Crippen LogP contribution in [0.3, 0.4) is 0 Å². The van der Waals surface area contributed by atoms with E-state index in [1.165, 1.54) is 12.1 Å². The zero-order valence-corrected chi connectivity index (χ0v) is 15.7. The Morgan fingerprint density at radius 1 is 1.32 bits per heavy atom. The third kappa shape index (κ3) is 5.36. The lowest BCUT2D eigenvalue weighted by Crippen LogP contribution is -2.36. The predicted octanol–water partition coefficient (Wildman–Crippen LogP) is 4.08. The zero-order chi connectivity index (χ0) is 18.6. The molecule has 2 rings (SSSR count). The van der Waals surface area contributed by atoms with E-state index in [4.69, 9.17) is 26.8 Å². The van der Waals surface area contributed by atoms with Gasteiger partial charge in [-0.05, 0) is 48.8 Å². The lowest BCUT2D eigenvalue weighted by Gasteiger charge is -2.36. The first-order valence-electron chi connectivity index (χ1n) is 8.69. The topological polar surface area (TPSA) is 78.6 Å². The van der Waals surface area contributed by atoms with Crippen LogP contribution in [-0.4, -0.2) is 24.6 Å². The summed E-state index contributed by atoms with van der Waals surface area (Å²) in [5.41, 5.74) is 6.14. The van der Waals surface area contributed by atoms with E-state index in [1.807, 2.05) is 0 Å². The molecule has 1 aromatic rings. The van der Waals surface area contributed by atoms with Crippen molar-refractivity contribution in [2.75, 3.05) is 12.3 Å². The number of halogens is 1. The lowest BCUT2D eigenvalue weighted by atomic mass is 9.75. The molecule has 138 valence electrons. The number of hydrogen-bond acceptors (Lipinski definition) is 5. The third-order valence-corrected chi connectivity index (χ3v) is 5.03. The van der Waals surface area contributed by atoms with Gasteiger partial charge in [-0.2, -0.15) is 0 Å². The number of nitrogens with two attached hydrogens (primary N) is 1. The standard InChI is InChI=1S/C19H26ClNO4/c1-11(2)14-6-4-12(3)8-17(14)25-18(22)10-24-19(23)15-7-5-13(20)9-16(15)21/h5,7,9,11-12,14,17H,4,6,8,10,21H2,1-3H3/t12-,14-,17-/m1/s1. The molecule has 6 heteroatoms. The van der Waals surface area contributed by atoms with Crippen LogP contribution >= 0.6 is 11.6 Å². The zero-order valence-electron chi connectivity index (χ0n) is 15.0. The molecule has 1 aliphatic rings. The maximum absolute atomic E-state index is 12.1. The Balaban J connectivity index is 1.90. The van der Waals surface area contributed by atoms with E-state index in [0.717, 1.165) is 19.3 Å². The highest BCUT2D eigenvalue weighted by atomic mass is 35.5. The van der Waals surface area contributed by atoms with Gasteiger partial charge in [0.2, 0.25) is 0 Å². The van der Waals surface area contributed by atoms with Crippen LogP contribution < -0.4 is 5.73 Å². The van der Waals surface area contributed by atoms with Gasteiger partial charge in [0.1, 0.15) is 6.10 Å². The van der Waals surface area contributed by atoms with E-state index >= 15 is 0 Å². The molecule has 2 N–H and O–H groups in total. The van der Waals surface area contributed by atoms with E-state index in [2.05, 4.69) is 20.8 Å². The Labute approximate surface area is 153 Å². The van der Waals surface area contributed by atoms with Gasteiger partial charge in [0.15, 0.2) is 6.61 Å². The van der Waals surface area contributed by atoms with Crippen LogP contribution in [0.2, 0.25) is 5.02 Å². The number of ether oxygens (including phenoxy) is 2. The minimum Gasteiger partial charge on any atom is -0.460 e. The number of benzene rings is 1. The monoisotopic (exact) mass is 367 g/mol. The normalized spacial score (nSPS) is 23.3. The van der Waals surface area contributed by atoms with Crippen molar-refractivity contribution in [2.24, 2.45) is 17.8 Å². The van der Waals surface area contributed by atoms with Crippen LogP contribution in [0, 0.1) is 17.8 Å². The average molecular weight is 368 g/mol. The van der Waals surface area contributed by atoms with Crippen LogP contribution in [0.5, 0.6) is 0 Å². The lowest BCUT2D eigenvalue weighted by molar-refractivity contribution is -0.159. The molecule has 1 saturated carbocycles. The molecular formula is C19H26ClNO4. The van der Waals surface area contributed by atoms with E-state index in [0.29, 0.717) is 22.8 Å². The number of carbonyl (C=O) groups is 2. The number of esters is 2. The average Bonchev–Trinajstić information content (AvgIpc) is 2.52. The van der Waals surface area contributed by atoms with Crippen molar-refractivity contribution in [1.29, 1.82) is 0 Å². The number of carbonyl (C=O) groups excluding carboxylic acids is 2. The van der Waals surface area contributed by atoms with E-state index in [9.17, 15) is 9.59 Å². The van der Waals surface area contributed by atoms with Crippen molar-refractivity contribution in [1.82, 2.24) is 0 Å². The van der Waals surface area contributed by atoms with Gasteiger partial charge in [0, 0.05) is 10.7 Å². The fourth-order valence-electron chi connectivity index (χ4n) is 3.37. The van der Waals surface area contributed by atoms with Gasteiger partial charge in [-0.15, -0.1) is 0 Å². The van der Waals surface area contributed by atoms with Crippen LogP contribution in [0.1, 0.15) is 50.4 Å². The predicted molar refractivity (Wildman–Crippen MR) is 97.4 cm³/mol. The molecule has 0 bridgehead atoms. The van der Waals surface area contributed by atoms with E-state index in [-0.39, 0.29) is 17.4 Å². The number of rotatable bonds is 5. The number of anilines is 1. The minimum absolute atomic E-state index is 0.115. The summed E-state index contributed by atoms with van der Waals surface area (Å²) in [7, 11) is 0. The highest BCUT2D eigenvalue weighted by Gasteiger charge is 2.33. The summed E-state index contributed by atoms with van der Waals surface area (Å²) in [5, 5.41) is 0.430. The smallest absolute Gasteiger partial charge is 0.344 e. The second-order valence-corrected chi connectivity index (χ2v) is 7.60.